The van der Waals surface area contributed by atoms with Gasteiger partial charge in [-0.2, -0.15) is 0 Å². The number of halogens is 2. The predicted octanol–water partition coefficient (Wildman–Crippen LogP) is 4.41. The Morgan fingerprint density at radius 1 is 0.893 bits per heavy atom. The maximum Gasteiger partial charge on any atom is 0.255 e. The number of carbonyl (C=O) groups is 1. The molecule has 0 unspecified atom stereocenters. The predicted molar refractivity (Wildman–Crippen MR) is 112 cm³/mol. The Bertz CT molecular complexity index is 986. The van der Waals surface area contributed by atoms with E-state index in [4.69, 9.17) is 23.2 Å². The van der Waals surface area contributed by atoms with Gasteiger partial charge in [0.05, 0.1) is 16.3 Å². The van der Waals surface area contributed by atoms with Crippen molar-refractivity contribution in [3.63, 3.8) is 0 Å². The highest BCUT2D eigenvalue weighted by atomic mass is 35.5. The lowest BCUT2D eigenvalue weighted by molar-refractivity contribution is 0.0746. The van der Waals surface area contributed by atoms with E-state index in [-0.39, 0.29) is 5.91 Å². The van der Waals surface area contributed by atoms with Gasteiger partial charge in [-0.1, -0.05) is 47.5 Å². The minimum atomic E-state index is -0.0326. The largest absolute Gasteiger partial charge is 0.353 e. The van der Waals surface area contributed by atoms with Crippen LogP contribution in [0.2, 0.25) is 10.0 Å². The number of piperazine rings is 1. The van der Waals surface area contributed by atoms with E-state index in [1.54, 1.807) is 18.5 Å². The topological polar surface area (TPSA) is 49.3 Å². The molecule has 0 aliphatic carbocycles. The third kappa shape index (κ3) is 3.96. The van der Waals surface area contributed by atoms with Gasteiger partial charge in [-0.05, 0) is 24.3 Å². The molecule has 142 valence electrons. The molecule has 1 aliphatic heterocycles. The van der Waals surface area contributed by atoms with Gasteiger partial charge in [-0.3, -0.25) is 4.79 Å². The van der Waals surface area contributed by atoms with Crippen LogP contribution in [-0.2, 0) is 0 Å². The zero-order valence-corrected chi connectivity index (χ0v) is 16.6. The molecule has 28 heavy (non-hydrogen) atoms. The van der Waals surface area contributed by atoms with E-state index in [0.717, 1.165) is 17.1 Å². The lowest BCUT2D eigenvalue weighted by atomic mass is 10.1. The van der Waals surface area contributed by atoms with E-state index in [0.29, 0.717) is 41.8 Å². The van der Waals surface area contributed by atoms with Crippen molar-refractivity contribution in [3.05, 3.63) is 76.5 Å². The first-order valence-electron chi connectivity index (χ1n) is 8.98. The molecular formula is C21H18Cl2N4O. The molecule has 2 heterocycles. The highest BCUT2D eigenvalue weighted by Crippen LogP contribution is 2.24. The first-order chi connectivity index (χ1) is 13.6. The normalized spacial score (nSPS) is 14.2. The molecule has 0 spiro atoms. The van der Waals surface area contributed by atoms with Crippen LogP contribution < -0.4 is 4.90 Å². The Morgan fingerprint density at radius 2 is 1.61 bits per heavy atom. The van der Waals surface area contributed by atoms with Crippen LogP contribution in [-0.4, -0.2) is 47.0 Å². The number of nitrogens with zero attached hydrogens (tertiary/aromatic N) is 4. The van der Waals surface area contributed by atoms with Gasteiger partial charge in [0, 0.05) is 42.8 Å². The molecule has 0 N–H and O–H groups in total. The summed E-state index contributed by atoms with van der Waals surface area (Å²) in [5, 5.41) is 1.18. The van der Waals surface area contributed by atoms with Crippen LogP contribution in [0.3, 0.4) is 0 Å². The minimum Gasteiger partial charge on any atom is -0.353 e. The van der Waals surface area contributed by atoms with Gasteiger partial charge < -0.3 is 9.80 Å². The summed E-state index contributed by atoms with van der Waals surface area (Å²) in [4.78, 5) is 25.5. The molecule has 1 amide bonds. The number of hydrogen-bond acceptors (Lipinski definition) is 4. The Balaban J connectivity index is 1.45. The summed E-state index contributed by atoms with van der Waals surface area (Å²) >= 11 is 12.1. The molecule has 0 bridgehead atoms. The van der Waals surface area contributed by atoms with Crippen LogP contribution in [0.15, 0.2) is 60.9 Å². The number of aromatic nitrogens is 2. The minimum absolute atomic E-state index is 0.0326. The van der Waals surface area contributed by atoms with Gasteiger partial charge >= 0.3 is 0 Å². The van der Waals surface area contributed by atoms with Crippen molar-refractivity contribution < 1.29 is 4.79 Å². The van der Waals surface area contributed by atoms with Gasteiger partial charge in [0.1, 0.15) is 12.1 Å². The quantitative estimate of drug-likeness (QED) is 0.638. The SMILES string of the molecule is O=C(c1ccccc1Cl)N1CCN(c2cc(-c3ccc(Cl)cc3)ncn2)CC1. The fourth-order valence-electron chi connectivity index (χ4n) is 3.24. The van der Waals surface area contributed by atoms with E-state index in [1.165, 1.54) is 0 Å². The van der Waals surface area contributed by atoms with Crippen LogP contribution in [0.5, 0.6) is 0 Å². The van der Waals surface area contributed by atoms with Crippen molar-refractivity contribution in [1.82, 2.24) is 14.9 Å². The number of carbonyl (C=O) groups excluding carboxylic acids is 1. The lowest BCUT2D eigenvalue weighted by Gasteiger charge is -2.35. The monoisotopic (exact) mass is 412 g/mol. The lowest BCUT2D eigenvalue weighted by Crippen LogP contribution is -2.49. The highest BCUT2D eigenvalue weighted by molar-refractivity contribution is 6.33. The maximum atomic E-state index is 12.7. The fourth-order valence-corrected chi connectivity index (χ4v) is 3.58. The zero-order valence-electron chi connectivity index (χ0n) is 15.1. The van der Waals surface area contributed by atoms with Crippen LogP contribution in [0.25, 0.3) is 11.3 Å². The molecule has 0 radical (unpaired) electrons. The van der Waals surface area contributed by atoms with E-state index in [2.05, 4.69) is 14.9 Å². The summed E-state index contributed by atoms with van der Waals surface area (Å²) in [6.07, 6.45) is 1.57. The molecule has 1 aliphatic rings. The Labute approximate surface area is 173 Å². The molecule has 1 saturated heterocycles. The zero-order chi connectivity index (χ0) is 19.5. The van der Waals surface area contributed by atoms with Crippen LogP contribution in [0.1, 0.15) is 10.4 Å². The average Bonchev–Trinajstić information content (AvgIpc) is 2.74. The number of rotatable bonds is 3. The molecule has 0 saturated carbocycles. The number of hydrogen-bond donors (Lipinski definition) is 0. The van der Waals surface area contributed by atoms with Gasteiger partial charge in [-0.15, -0.1) is 0 Å². The number of anilines is 1. The second kappa shape index (κ2) is 8.17. The Morgan fingerprint density at radius 3 is 2.32 bits per heavy atom. The third-order valence-corrected chi connectivity index (χ3v) is 5.37. The summed E-state index contributed by atoms with van der Waals surface area (Å²) in [6, 6.07) is 16.7. The maximum absolute atomic E-state index is 12.7. The summed E-state index contributed by atoms with van der Waals surface area (Å²) < 4.78 is 0. The Kier molecular flexibility index (Phi) is 5.46. The molecule has 1 aromatic heterocycles. The van der Waals surface area contributed by atoms with Crippen molar-refractivity contribution >= 4 is 34.9 Å². The van der Waals surface area contributed by atoms with Crippen molar-refractivity contribution in [1.29, 1.82) is 0 Å². The second-order valence-corrected chi connectivity index (χ2v) is 7.37. The molecule has 7 heteroatoms. The first kappa shape index (κ1) is 18.7. The fraction of sp³-hybridized carbons (Fsp3) is 0.190. The molecular weight excluding hydrogens is 395 g/mol. The summed E-state index contributed by atoms with van der Waals surface area (Å²) in [7, 11) is 0. The summed E-state index contributed by atoms with van der Waals surface area (Å²) in [6.45, 7) is 2.63. The van der Waals surface area contributed by atoms with Crippen molar-refractivity contribution in [3.8, 4) is 11.3 Å². The first-order valence-corrected chi connectivity index (χ1v) is 9.74. The van der Waals surface area contributed by atoms with E-state index in [1.807, 2.05) is 47.4 Å². The summed E-state index contributed by atoms with van der Waals surface area (Å²) in [5.74, 6) is 0.819. The molecule has 4 rings (SSSR count). The van der Waals surface area contributed by atoms with Gasteiger partial charge in [0.15, 0.2) is 0 Å². The van der Waals surface area contributed by atoms with E-state index >= 15 is 0 Å². The molecule has 0 atom stereocenters. The molecule has 1 fully saturated rings. The van der Waals surface area contributed by atoms with E-state index in [9.17, 15) is 4.79 Å². The molecule has 2 aromatic carbocycles. The summed E-state index contributed by atoms with van der Waals surface area (Å²) in [5.41, 5.74) is 2.38. The number of amides is 1. The third-order valence-electron chi connectivity index (χ3n) is 4.79. The highest BCUT2D eigenvalue weighted by Gasteiger charge is 2.24. The van der Waals surface area contributed by atoms with Crippen LogP contribution in [0.4, 0.5) is 5.82 Å². The van der Waals surface area contributed by atoms with Crippen molar-refractivity contribution in [2.24, 2.45) is 0 Å². The van der Waals surface area contributed by atoms with Crippen molar-refractivity contribution in [2.75, 3.05) is 31.1 Å². The smallest absolute Gasteiger partial charge is 0.255 e. The van der Waals surface area contributed by atoms with Gasteiger partial charge in [0.25, 0.3) is 5.91 Å². The van der Waals surface area contributed by atoms with Crippen LogP contribution >= 0.6 is 23.2 Å². The van der Waals surface area contributed by atoms with Gasteiger partial charge in [-0.25, -0.2) is 9.97 Å². The number of benzene rings is 2. The van der Waals surface area contributed by atoms with Crippen molar-refractivity contribution in [2.45, 2.75) is 0 Å². The van der Waals surface area contributed by atoms with Gasteiger partial charge in [0.2, 0.25) is 0 Å². The van der Waals surface area contributed by atoms with E-state index < -0.39 is 0 Å². The molecule has 3 aromatic rings. The second-order valence-electron chi connectivity index (χ2n) is 6.53. The average molecular weight is 413 g/mol. The Hall–Kier alpha value is -2.63. The van der Waals surface area contributed by atoms with Crippen LogP contribution in [0, 0.1) is 0 Å². The standard InChI is InChI=1S/C21H18Cl2N4O/c22-16-7-5-15(6-8-16)19-13-20(25-14-24-19)26-9-11-27(12-10-26)21(28)17-3-1-2-4-18(17)23/h1-8,13-14H,9-12H2. The molecule has 5 nitrogen and oxygen atoms in total.